The molecule has 8 heteroatoms. The number of carbonyl (C=O) groups is 1. The van der Waals surface area contributed by atoms with Crippen LogP contribution >= 0.6 is 0 Å². The molecule has 188 valence electrons. The minimum atomic E-state index is -0.0690. The van der Waals surface area contributed by atoms with Crippen molar-refractivity contribution < 1.29 is 4.79 Å². The van der Waals surface area contributed by atoms with Crippen molar-refractivity contribution in [1.29, 1.82) is 0 Å². The average molecular weight is 494 g/mol. The van der Waals surface area contributed by atoms with Gasteiger partial charge in [-0.2, -0.15) is 5.10 Å². The van der Waals surface area contributed by atoms with Gasteiger partial charge >= 0.3 is 0 Å². The summed E-state index contributed by atoms with van der Waals surface area (Å²) in [6.45, 7) is 4.27. The molecule has 8 nitrogen and oxygen atoms in total. The number of hydrogen-bond donors (Lipinski definition) is 1. The summed E-state index contributed by atoms with van der Waals surface area (Å²) in [7, 11) is 1.79. The van der Waals surface area contributed by atoms with Crippen LogP contribution in [-0.4, -0.2) is 50.7 Å². The molecule has 0 spiro atoms. The summed E-state index contributed by atoms with van der Waals surface area (Å²) in [4.78, 5) is 26.0. The van der Waals surface area contributed by atoms with Crippen molar-refractivity contribution in [3.8, 4) is 11.3 Å². The molecule has 6 rings (SSSR count). The van der Waals surface area contributed by atoms with E-state index in [0.29, 0.717) is 23.2 Å². The van der Waals surface area contributed by atoms with E-state index < -0.39 is 0 Å². The Balaban J connectivity index is 1.29. The molecule has 1 saturated carbocycles. The van der Waals surface area contributed by atoms with Crippen molar-refractivity contribution in [2.24, 2.45) is 11.8 Å². The Labute approximate surface area is 216 Å². The van der Waals surface area contributed by atoms with E-state index in [1.54, 1.807) is 11.9 Å². The Morgan fingerprint density at radius 2 is 1.73 bits per heavy atom. The second-order valence-corrected chi connectivity index (χ2v) is 10.1. The van der Waals surface area contributed by atoms with Gasteiger partial charge < -0.3 is 15.5 Å². The first kappa shape index (κ1) is 23.2. The van der Waals surface area contributed by atoms with Crippen LogP contribution in [0.5, 0.6) is 0 Å². The molecular formula is C29H31N7O. The molecule has 37 heavy (non-hydrogen) atoms. The number of allylic oxidation sites excluding steroid dienone is 1. The number of para-hydroxylation sites is 1. The highest BCUT2D eigenvalue weighted by atomic mass is 16.2. The molecule has 3 heterocycles. The molecule has 2 aromatic carbocycles. The Kier molecular flexibility index (Phi) is 5.87. The second-order valence-electron chi connectivity index (χ2n) is 10.1. The summed E-state index contributed by atoms with van der Waals surface area (Å²) in [5, 5.41) is 5.83. The smallest absolute Gasteiger partial charge is 0.258 e. The van der Waals surface area contributed by atoms with E-state index in [9.17, 15) is 4.79 Å². The lowest BCUT2D eigenvalue weighted by Crippen LogP contribution is -2.25. The van der Waals surface area contributed by atoms with Crippen LogP contribution in [0.4, 0.5) is 11.5 Å². The summed E-state index contributed by atoms with van der Waals surface area (Å²) < 4.78 is 2.07. The van der Waals surface area contributed by atoms with Crippen LogP contribution < -0.4 is 10.6 Å². The summed E-state index contributed by atoms with van der Waals surface area (Å²) in [5.41, 5.74) is 10.2. The van der Waals surface area contributed by atoms with E-state index in [0.717, 1.165) is 53.9 Å². The quantitative estimate of drug-likeness (QED) is 0.431. The van der Waals surface area contributed by atoms with Crippen LogP contribution in [0.25, 0.3) is 22.3 Å². The maximum absolute atomic E-state index is 13.1. The van der Waals surface area contributed by atoms with Gasteiger partial charge in [-0.05, 0) is 62.1 Å². The van der Waals surface area contributed by atoms with Crippen LogP contribution in [0.1, 0.15) is 36.2 Å². The van der Waals surface area contributed by atoms with Crippen LogP contribution in [0.3, 0.4) is 0 Å². The van der Waals surface area contributed by atoms with Crippen molar-refractivity contribution in [1.82, 2.24) is 24.6 Å². The van der Waals surface area contributed by atoms with Crippen molar-refractivity contribution >= 4 is 28.4 Å². The zero-order valence-electron chi connectivity index (χ0n) is 21.2. The molecule has 1 amide bonds. The highest BCUT2D eigenvalue weighted by molar-refractivity contribution is 6.06. The van der Waals surface area contributed by atoms with Crippen molar-refractivity contribution in [2.75, 3.05) is 30.8 Å². The van der Waals surface area contributed by atoms with E-state index >= 15 is 0 Å². The van der Waals surface area contributed by atoms with Gasteiger partial charge in [-0.25, -0.2) is 14.6 Å². The number of nitrogens with zero attached hydrogens (tertiary/aromatic N) is 6. The minimum absolute atomic E-state index is 0.0690. The number of anilines is 2. The molecule has 0 bridgehead atoms. The van der Waals surface area contributed by atoms with Gasteiger partial charge in [-0.1, -0.05) is 36.4 Å². The third-order valence-electron chi connectivity index (χ3n) is 7.83. The molecule has 2 unspecified atom stereocenters. The first-order valence-corrected chi connectivity index (χ1v) is 12.8. The molecule has 2 aliphatic rings. The van der Waals surface area contributed by atoms with Crippen molar-refractivity contribution in [3.63, 3.8) is 0 Å². The van der Waals surface area contributed by atoms with Crippen LogP contribution in [-0.2, 0) is 0 Å². The number of carbonyl (C=O) groups excluding carboxylic acids is 1. The Morgan fingerprint density at radius 3 is 2.41 bits per heavy atom. The summed E-state index contributed by atoms with van der Waals surface area (Å²) in [6.07, 6.45) is 8.00. The second kappa shape index (κ2) is 9.35. The highest BCUT2D eigenvalue weighted by Crippen LogP contribution is 2.45. The van der Waals surface area contributed by atoms with Crippen molar-refractivity contribution in [3.05, 3.63) is 78.8 Å². The van der Waals surface area contributed by atoms with Gasteiger partial charge in [0.25, 0.3) is 5.91 Å². The van der Waals surface area contributed by atoms with Gasteiger partial charge in [0.1, 0.15) is 17.8 Å². The summed E-state index contributed by atoms with van der Waals surface area (Å²) in [6, 6.07) is 17.5. The zero-order chi connectivity index (χ0) is 25.5. The SMILES string of the molecule is CC=CN1CC2CC(n3nc(-c4ccc(C(=O)N(C)c5ccccc5)cc4)c4c(N)ncnc43)CC2C1. The van der Waals surface area contributed by atoms with E-state index in [-0.39, 0.29) is 11.9 Å². The van der Waals surface area contributed by atoms with Gasteiger partial charge in [0.05, 0.1) is 11.4 Å². The normalized spacial score (nSPS) is 21.1. The fourth-order valence-corrected chi connectivity index (χ4v) is 6.02. The van der Waals surface area contributed by atoms with Gasteiger partial charge in [-0.3, -0.25) is 4.79 Å². The van der Waals surface area contributed by atoms with E-state index in [1.807, 2.05) is 54.6 Å². The fraction of sp³-hybridized carbons (Fsp3) is 0.310. The number of amides is 1. The molecule has 4 aromatic rings. The fourth-order valence-electron chi connectivity index (χ4n) is 6.02. The van der Waals surface area contributed by atoms with E-state index in [4.69, 9.17) is 10.8 Å². The van der Waals surface area contributed by atoms with Gasteiger partial charge in [0, 0.05) is 37.0 Å². The molecule has 1 aliphatic carbocycles. The Morgan fingerprint density at radius 1 is 1.03 bits per heavy atom. The van der Waals surface area contributed by atoms with E-state index in [1.165, 1.54) is 6.33 Å². The lowest BCUT2D eigenvalue weighted by molar-refractivity contribution is 0.0993. The van der Waals surface area contributed by atoms with Crippen LogP contribution in [0.2, 0.25) is 0 Å². The zero-order valence-corrected chi connectivity index (χ0v) is 21.2. The monoisotopic (exact) mass is 493 g/mol. The number of rotatable bonds is 5. The Hall–Kier alpha value is -4.20. The number of nitrogens with two attached hydrogens (primary N) is 1. The first-order chi connectivity index (χ1) is 18.0. The van der Waals surface area contributed by atoms with Crippen LogP contribution in [0, 0.1) is 11.8 Å². The number of aromatic nitrogens is 4. The molecule has 1 saturated heterocycles. The highest BCUT2D eigenvalue weighted by Gasteiger charge is 2.41. The minimum Gasteiger partial charge on any atom is -0.383 e. The molecule has 0 radical (unpaired) electrons. The average Bonchev–Trinajstić information content (AvgIpc) is 3.61. The number of nitrogen functional groups attached to an aromatic ring is 1. The summed E-state index contributed by atoms with van der Waals surface area (Å²) in [5.74, 6) is 1.68. The third kappa shape index (κ3) is 4.12. The third-order valence-corrected chi connectivity index (χ3v) is 7.83. The van der Waals surface area contributed by atoms with Gasteiger partial charge in [-0.15, -0.1) is 0 Å². The molecule has 2 atom stereocenters. The number of fused-ring (bicyclic) bond motifs is 2. The Bertz CT molecular complexity index is 1450. The largest absolute Gasteiger partial charge is 0.383 e. The molecule has 2 N–H and O–H groups in total. The van der Waals surface area contributed by atoms with E-state index in [2.05, 4.69) is 38.7 Å². The number of benzene rings is 2. The molecule has 2 aromatic heterocycles. The molecular weight excluding hydrogens is 462 g/mol. The predicted molar refractivity (Wildman–Crippen MR) is 146 cm³/mol. The lowest BCUT2D eigenvalue weighted by Gasteiger charge is -2.17. The van der Waals surface area contributed by atoms with Crippen molar-refractivity contribution in [2.45, 2.75) is 25.8 Å². The maximum atomic E-state index is 13.1. The molecule has 2 fully saturated rings. The number of hydrogen-bond acceptors (Lipinski definition) is 6. The predicted octanol–water partition coefficient (Wildman–Crippen LogP) is 4.77. The topological polar surface area (TPSA) is 93.2 Å². The summed E-state index contributed by atoms with van der Waals surface area (Å²) >= 11 is 0. The number of likely N-dealkylation sites (tertiary alicyclic amines) is 1. The van der Waals surface area contributed by atoms with Crippen LogP contribution in [0.15, 0.2) is 73.2 Å². The maximum Gasteiger partial charge on any atom is 0.258 e. The molecule has 1 aliphatic heterocycles. The lowest BCUT2D eigenvalue weighted by atomic mass is 10.0. The standard InChI is InChI=1S/C29H31N7O/c1-3-13-35-16-21-14-24(15-22(21)17-35)36-28-25(27(30)31-18-32-28)26(33-36)19-9-11-20(12-10-19)29(37)34(2)23-7-5-4-6-8-23/h3-13,18,21-22,24H,14-17H2,1-2H3,(H2,30,31,32). The van der Waals surface area contributed by atoms with Gasteiger partial charge in [0.15, 0.2) is 5.65 Å². The first-order valence-electron chi connectivity index (χ1n) is 12.8. The van der Waals surface area contributed by atoms with Gasteiger partial charge in [0.2, 0.25) is 0 Å².